The first-order valence-electron chi connectivity index (χ1n) is 6.81. The summed E-state index contributed by atoms with van der Waals surface area (Å²) in [6, 6.07) is 0. The number of rotatable bonds is 1. The van der Waals surface area contributed by atoms with Gasteiger partial charge in [0.05, 0.1) is 12.5 Å². The lowest BCUT2D eigenvalue weighted by Crippen LogP contribution is -3.04. The molecule has 0 amide bonds. The molecule has 22 heavy (non-hydrogen) atoms. The van der Waals surface area contributed by atoms with Crippen LogP contribution in [-0.2, 0) is 9.47 Å². The van der Waals surface area contributed by atoms with Gasteiger partial charge in [-0.1, -0.05) is 0 Å². The zero-order valence-electron chi connectivity index (χ0n) is 11.2. The maximum Gasteiger partial charge on any atom is 0.343 e. The Bertz CT molecular complexity index is 561. The standard InChI is InChI=1S/C11H16N3O8/c12-8-13-6(17)2-4-9(19,1-15)5-3(16)10(2,14-8)7(18)11(20,21-4)22-5/h2-7,15-19H,1H2,(H3,12,13,14)/q-1/p+1/t2-,3?,4+,5?,6?,7+,9+,10-,11?/m1/s1. The molecule has 1 aliphatic carbocycles. The summed E-state index contributed by atoms with van der Waals surface area (Å²) < 4.78 is 10.1. The van der Waals surface area contributed by atoms with Gasteiger partial charge in [-0.15, -0.1) is 0 Å². The molecular weight excluding hydrogens is 302 g/mol. The third-order valence-electron chi connectivity index (χ3n) is 5.26. The monoisotopic (exact) mass is 319 g/mol. The minimum Gasteiger partial charge on any atom is -0.805 e. The van der Waals surface area contributed by atoms with Crippen LogP contribution in [-0.4, -0.2) is 85.9 Å². The quantitative estimate of drug-likeness (QED) is 0.230. The normalized spacial score (nSPS) is 62.4. The van der Waals surface area contributed by atoms with Crippen LogP contribution in [0.5, 0.6) is 0 Å². The Morgan fingerprint density at radius 2 is 1.91 bits per heavy atom. The molecule has 4 bridgehead atoms. The average Bonchev–Trinajstić information content (AvgIpc) is 2.45. The van der Waals surface area contributed by atoms with Gasteiger partial charge in [-0.3, -0.25) is 16.0 Å². The third kappa shape index (κ3) is 1.28. The number of hydrogen-bond donors (Lipinski definition) is 8. The zero-order chi connectivity index (χ0) is 16.1. The van der Waals surface area contributed by atoms with Gasteiger partial charge in [-0.05, 0) is 0 Å². The molecule has 0 radical (unpaired) electrons. The summed E-state index contributed by atoms with van der Waals surface area (Å²) in [6.07, 6.45) is -7.87. The molecule has 4 aliphatic heterocycles. The lowest BCUT2D eigenvalue weighted by Gasteiger charge is -2.73. The van der Waals surface area contributed by atoms with Crippen LogP contribution in [0.25, 0.3) is 0 Å². The van der Waals surface area contributed by atoms with Crippen LogP contribution in [0.1, 0.15) is 0 Å². The third-order valence-corrected chi connectivity index (χ3v) is 5.26. The maximum absolute atomic E-state index is 12.5. The van der Waals surface area contributed by atoms with E-state index in [4.69, 9.17) is 15.2 Å². The Labute approximate surface area is 123 Å². The van der Waals surface area contributed by atoms with Crippen molar-refractivity contribution in [2.45, 2.75) is 47.8 Å². The molecule has 11 nitrogen and oxygen atoms in total. The summed E-state index contributed by atoms with van der Waals surface area (Å²) in [6.45, 7) is -0.871. The predicted molar refractivity (Wildman–Crippen MR) is 62.0 cm³/mol. The highest BCUT2D eigenvalue weighted by Crippen LogP contribution is 2.56. The van der Waals surface area contributed by atoms with Gasteiger partial charge in [0.15, 0.2) is 11.8 Å². The lowest BCUT2D eigenvalue weighted by atomic mass is 9.55. The topological polar surface area (TPSA) is 195 Å². The van der Waals surface area contributed by atoms with Crippen molar-refractivity contribution in [2.75, 3.05) is 6.61 Å². The van der Waals surface area contributed by atoms with E-state index in [9.17, 15) is 30.6 Å². The first-order valence-corrected chi connectivity index (χ1v) is 6.81. The summed E-state index contributed by atoms with van der Waals surface area (Å²) in [5.74, 6) is -4.07. The summed E-state index contributed by atoms with van der Waals surface area (Å²) in [5, 5.41) is 66.5. The first kappa shape index (κ1) is 14.5. The zero-order valence-corrected chi connectivity index (χ0v) is 11.2. The summed E-state index contributed by atoms with van der Waals surface area (Å²) >= 11 is 0. The molecule has 11 heteroatoms. The number of aliphatic hydroxyl groups excluding tert-OH is 4. The van der Waals surface area contributed by atoms with Crippen LogP contribution in [0.15, 0.2) is 0 Å². The van der Waals surface area contributed by atoms with Gasteiger partial charge >= 0.3 is 5.96 Å². The van der Waals surface area contributed by atoms with Gasteiger partial charge in [0.25, 0.3) is 0 Å². The molecule has 0 aromatic rings. The van der Waals surface area contributed by atoms with E-state index in [0.717, 1.165) is 0 Å². The van der Waals surface area contributed by atoms with E-state index in [2.05, 4.69) is 10.3 Å². The SMILES string of the molecule is NC1=[NH+]C(O)[C@H]2[C@@H]3OC4([O-])OC(C(O)[C@@]2(N1)[C@@H]4O)[C@]3(O)CO. The highest BCUT2D eigenvalue weighted by Gasteiger charge is 2.81. The fourth-order valence-electron chi connectivity index (χ4n) is 4.28. The van der Waals surface area contributed by atoms with Crippen LogP contribution in [0.4, 0.5) is 0 Å². The average molecular weight is 319 g/mol. The molecular formula is C11H17N3O8. The fourth-order valence-corrected chi connectivity index (χ4v) is 4.28. The summed E-state index contributed by atoms with van der Waals surface area (Å²) in [4.78, 5) is 2.45. The second-order valence-corrected chi connectivity index (χ2v) is 6.26. The van der Waals surface area contributed by atoms with E-state index < -0.39 is 60.3 Å². The first-order chi connectivity index (χ1) is 10.2. The second-order valence-electron chi connectivity index (χ2n) is 6.26. The molecule has 1 saturated carbocycles. The van der Waals surface area contributed by atoms with Crippen molar-refractivity contribution in [3.05, 3.63) is 0 Å². The Morgan fingerprint density at radius 3 is 2.55 bits per heavy atom. The molecule has 3 saturated heterocycles. The Kier molecular flexibility index (Phi) is 2.57. The van der Waals surface area contributed by atoms with Crippen molar-refractivity contribution in [3.8, 4) is 0 Å². The molecule has 5 rings (SSSR count). The second kappa shape index (κ2) is 3.88. The van der Waals surface area contributed by atoms with Crippen molar-refractivity contribution >= 4 is 5.96 Å². The molecule has 0 aromatic heterocycles. The summed E-state index contributed by atoms with van der Waals surface area (Å²) in [7, 11) is 0. The van der Waals surface area contributed by atoms with Crippen molar-refractivity contribution < 1.29 is 45.1 Å². The lowest BCUT2D eigenvalue weighted by molar-refractivity contribution is -0.719. The highest BCUT2D eigenvalue weighted by molar-refractivity contribution is 5.74. The van der Waals surface area contributed by atoms with E-state index >= 15 is 0 Å². The maximum atomic E-state index is 12.5. The molecule has 124 valence electrons. The molecule has 1 spiro atoms. The number of ether oxygens (including phenoxy) is 2. The minimum absolute atomic E-state index is 0.153. The Morgan fingerprint density at radius 1 is 1.27 bits per heavy atom. The Balaban J connectivity index is 1.95. The van der Waals surface area contributed by atoms with Gasteiger partial charge in [0, 0.05) is 0 Å². The van der Waals surface area contributed by atoms with Crippen molar-refractivity contribution in [3.63, 3.8) is 0 Å². The van der Waals surface area contributed by atoms with E-state index in [1.54, 1.807) is 0 Å². The van der Waals surface area contributed by atoms with Crippen molar-refractivity contribution in [1.82, 2.24) is 5.32 Å². The van der Waals surface area contributed by atoms with Gasteiger partial charge < -0.3 is 40.1 Å². The van der Waals surface area contributed by atoms with Gasteiger partial charge in [-0.2, -0.15) is 0 Å². The largest absolute Gasteiger partial charge is 0.805 e. The number of guanidine groups is 1. The van der Waals surface area contributed by atoms with E-state index in [1.807, 2.05) is 0 Å². The number of aliphatic hydroxyl groups is 5. The fraction of sp³-hybridized carbons (Fsp3) is 0.909. The molecule has 4 heterocycles. The molecule has 5 aliphatic rings. The summed E-state index contributed by atoms with van der Waals surface area (Å²) in [5.41, 5.74) is 1.72. The van der Waals surface area contributed by atoms with E-state index in [0.29, 0.717) is 0 Å². The van der Waals surface area contributed by atoms with E-state index in [1.165, 1.54) is 0 Å². The van der Waals surface area contributed by atoms with Crippen LogP contribution < -0.4 is 21.1 Å². The molecule has 9 atom stereocenters. The molecule has 4 fully saturated rings. The predicted octanol–water partition coefficient (Wildman–Crippen LogP) is -8.07. The molecule has 4 unspecified atom stereocenters. The van der Waals surface area contributed by atoms with Gasteiger partial charge in [0.1, 0.15) is 36.0 Å². The van der Waals surface area contributed by atoms with Gasteiger partial charge in [0.2, 0.25) is 0 Å². The van der Waals surface area contributed by atoms with Crippen LogP contribution in [0.2, 0.25) is 0 Å². The van der Waals surface area contributed by atoms with Crippen LogP contribution in [0, 0.1) is 5.92 Å². The number of nitrogens with two attached hydrogens (primary N) is 1. The smallest absolute Gasteiger partial charge is 0.343 e. The Hall–Kier alpha value is -1.05. The number of nitrogens with one attached hydrogen (secondary N) is 2. The molecule has 9 N–H and O–H groups in total. The molecule has 0 aromatic carbocycles. The van der Waals surface area contributed by atoms with Crippen molar-refractivity contribution in [1.29, 1.82) is 0 Å². The van der Waals surface area contributed by atoms with Crippen LogP contribution in [0.3, 0.4) is 0 Å². The van der Waals surface area contributed by atoms with Crippen LogP contribution >= 0.6 is 0 Å². The van der Waals surface area contributed by atoms with E-state index in [-0.39, 0.29) is 5.96 Å². The van der Waals surface area contributed by atoms with Gasteiger partial charge in [-0.25, -0.2) is 0 Å². The van der Waals surface area contributed by atoms with Crippen molar-refractivity contribution in [2.24, 2.45) is 11.7 Å². The number of hydrogen-bond acceptors (Lipinski definition) is 10. The highest BCUT2D eigenvalue weighted by atomic mass is 16.9. The minimum atomic E-state index is -2.75.